The molecule has 0 aromatic heterocycles. The standard InChI is InChI=1S/C12H25NO2/c1-2-3-4-5-6-7-8-9-10-11-15-12(13)14/h2-11H2,1H3,(H2,13,14). The number of carbonyl (C=O) groups excluding carboxylic acids is 1. The van der Waals surface area contributed by atoms with Gasteiger partial charge in [-0.05, 0) is 6.42 Å². The fourth-order valence-corrected chi connectivity index (χ4v) is 1.59. The minimum Gasteiger partial charge on any atom is -0.450 e. The average Bonchev–Trinajstić information content (AvgIpc) is 2.20. The molecule has 0 unspecified atom stereocenters. The van der Waals surface area contributed by atoms with Crippen LogP contribution >= 0.6 is 0 Å². The van der Waals surface area contributed by atoms with E-state index in [2.05, 4.69) is 11.7 Å². The van der Waals surface area contributed by atoms with Crippen LogP contribution in [0.15, 0.2) is 0 Å². The van der Waals surface area contributed by atoms with Gasteiger partial charge in [0.1, 0.15) is 0 Å². The Kier molecular flexibility index (Phi) is 10.8. The van der Waals surface area contributed by atoms with Gasteiger partial charge in [0.25, 0.3) is 0 Å². The molecule has 90 valence electrons. The first-order chi connectivity index (χ1) is 7.27. The van der Waals surface area contributed by atoms with Gasteiger partial charge in [-0.25, -0.2) is 4.79 Å². The summed E-state index contributed by atoms with van der Waals surface area (Å²) in [6, 6.07) is 0. The smallest absolute Gasteiger partial charge is 0.404 e. The number of primary amides is 1. The van der Waals surface area contributed by atoms with Crippen LogP contribution in [0, 0.1) is 0 Å². The van der Waals surface area contributed by atoms with Crippen LogP contribution in [0.4, 0.5) is 4.79 Å². The summed E-state index contributed by atoms with van der Waals surface area (Å²) < 4.78 is 4.64. The fourth-order valence-electron chi connectivity index (χ4n) is 1.59. The third-order valence-corrected chi connectivity index (χ3v) is 2.49. The van der Waals surface area contributed by atoms with Crippen LogP contribution in [0.1, 0.15) is 64.7 Å². The first kappa shape index (κ1) is 14.3. The Bertz CT molecular complexity index is 149. The van der Waals surface area contributed by atoms with Gasteiger partial charge in [0.15, 0.2) is 0 Å². The van der Waals surface area contributed by atoms with E-state index in [4.69, 9.17) is 5.73 Å². The average molecular weight is 215 g/mol. The predicted molar refractivity (Wildman–Crippen MR) is 62.8 cm³/mol. The summed E-state index contributed by atoms with van der Waals surface area (Å²) in [6.45, 7) is 2.71. The third-order valence-electron chi connectivity index (χ3n) is 2.49. The van der Waals surface area contributed by atoms with Crippen LogP contribution in [0.25, 0.3) is 0 Å². The van der Waals surface area contributed by atoms with E-state index in [9.17, 15) is 4.79 Å². The Hall–Kier alpha value is -0.730. The summed E-state index contributed by atoms with van der Waals surface area (Å²) in [7, 11) is 0. The van der Waals surface area contributed by atoms with Crippen molar-refractivity contribution in [1.82, 2.24) is 0 Å². The van der Waals surface area contributed by atoms with Gasteiger partial charge in [-0.15, -0.1) is 0 Å². The molecule has 0 aliphatic heterocycles. The molecule has 0 bridgehead atoms. The van der Waals surface area contributed by atoms with E-state index in [1.54, 1.807) is 0 Å². The molecular weight excluding hydrogens is 190 g/mol. The SMILES string of the molecule is CCCCCCCCCCCOC(N)=O. The van der Waals surface area contributed by atoms with Crippen LogP contribution < -0.4 is 5.73 Å². The number of hydrogen-bond acceptors (Lipinski definition) is 2. The number of amides is 1. The van der Waals surface area contributed by atoms with Crippen molar-refractivity contribution in [2.24, 2.45) is 5.73 Å². The molecule has 0 fully saturated rings. The van der Waals surface area contributed by atoms with Gasteiger partial charge < -0.3 is 10.5 Å². The van der Waals surface area contributed by atoms with Crippen molar-refractivity contribution in [3.63, 3.8) is 0 Å². The van der Waals surface area contributed by atoms with Crippen molar-refractivity contribution in [2.75, 3.05) is 6.61 Å². The monoisotopic (exact) mass is 215 g/mol. The lowest BCUT2D eigenvalue weighted by Crippen LogP contribution is -2.13. The summed E-state index contributed by atoms with van der Waals surface area (Å²) in [4.78, 5) is 10.2. The lowest BCUT2D eigenvalue weighted by atomic mass is 10.1. The van der Waals surface area contributed by atoms with Crippen molar-refractivity contribution < 1.29 is 9.53 Å². The fraction of sp³-hybridized carbons (Fsp3) is 0.917. The second kappa shape index (κ2) is 11.3. The number of carbonyl (C=O) groups is 1. The zero-order chi connectivity index (χ0) is 11.4. The Morgan fingerprint density at radius 2 is 1.40 bits per heavy atom. The quantitative estimate of drug-likeness (QED) is 0.566. The molecule has 0 heterocycles. The molecule has 1 amide bonds. The van der Waals surface area contributed by atoms with E-state index in [0.29, 0.717) is 6.61 Å². The highest BCUT2D eigenvalue weighted by Crippen LogP contribution is 2.09. The molecule has 15 heavy (non-hydrogen) atoms. The predicted octanol–water partition coefficient (Wildman–Crippen LogP) is 3.61. The normalized spacial score (nSPS) is 10.2. The summed E-state index contributed by atoms with van der Waals surface area (Å²) in [5, 5.41) is 0. The highest BCUT2D eigenvalue weighted by molar-refractivity contribution is 5.64. The van der Waals surface area contributed by atoms with Crippen LogP contribution in [-0.4, -0.2) is 12.7 Å². The van der Waals surface area contributed by atoms with Crippen LogP contribution in [0.2, 0.25) is 0 Å². The van der Waals surface area contributed by atoms with Crippen molar-refractivity contribution in [1.29, 1.82) is 0 Å². The largest absolute Gasteiger partial charge is 0.450 e. The highest BCUT2D eigenvalue weighted by Gasteiger charge is 1.94. The first-order valence-corrected chi connectivity index (χ1v) is 6.19. The van der Waals surface area contributed by atoms with E-state index in [-0.39, 0.29) is 0 Å². The van der Waals surface area contributed by atoms with Gasteiger partial charge >= 0.3 is 6.09 Å². The van der Waals surface area contributed by atoms with Crippen LogP contribution in [0.3, 0.4) is 0 Å². The van der Waals surface area contributed by atoms with E-state index in [1.807, 2.05) is 0 Å². The summed E-state index contributed by atoms with van der Waals surface area (Å²) >= 11 is 0. The first-order valence-electron chi connectivity index (χ1n) is 6.19. The zero-order valence-corrected chi connectivity index (χ0v) is 9.96. The van der Waals surface area contributed by atoms with E-state index < -0.39 is 6.09 Å². The molecule has 0 aromatic carbocycles. The molecule has 0 radical (unpaired) electrons. The van der Waals surface area contributed by atoms with Crippen LogP contribution in [-0.2, 0) is 4.74 Å². The summed E-state index contributed by atoms with van der Waals surface area (Å²) in [6.07, 6.45) is 10.7. The van der Waals surface area contributed by atoms with Crippen molar-refractivity contribution in [2.45, 2.75) is 64.7 Å². The molecular formula is C12H25NO2. The molecule has 0 saturated carbocycles. The van der Waals surface area contributed by atoms with Gasteiger partial charge in [-0.1, -0.05) is 58.3 Å². The van der Waals surface area contributed by atoms with Gasteiger partial charge in [-0.3, -0.25) is 0 Å². The molecule has 2 N–H and O–H groups in total. The van der Waals surface area contributed by atoms with E-state index in [1.165, 1.54) is 44.9 Å². The maximum atomic E-state index is 10.2. The molecule has 0 saturated heterocycles. The number of hydrogen-bond donors (Lipinski definition) is 1. The Balaban J connectivity index is 2.89. The second-order valence-corrected chi connectivity index (χ2v) is 4.00. The molecule has 3 nitrogen and oxygen atoms in total. The van der Waals surface area contributed by atoms with Crippen molar-refractivity contribution in [3.05, 3.63) is 0 Å². The number of nitrogens with two attached hydrogens (primary N) is 1. The van der Waals surface area contributed by atoms with Gasteiger partial charge in [-0.2, -0.15) is 0 Å². The molecule has 3 heteroatoms. The summed E-state index contributed by atoms with van der Waals surface area (Å²) in [5.74, 6) is 0. The number of unbranched alkanes of at least 4 members (excludes halogenated alkanes) is 8. The minimum atomic E-state index is -0.658. The Morgan fingerprint density at radius 3 is 1.87 bits per heavy atom. The molecule has 0 atom stereocenters. The zero-order valence-electron chi connectivity index (χ0n) is 9.96. The van der Waals surface area contributed by atoms with E-state index in [0.717, 1.165) is 12.8 Å². The van der Waals surface area contributed by atoms with Crippen LogP contribution in [0.5, 0.6) is 0 Å². The summed E-state index contributed by atoms with van der Waals surface area (Å²) in [5.41, 5.74) is 4.84. The third kappa shape index (κ3) is 13.3. The lowest BCUT2D eigenvalue weighted by molar-refractivity contribution is 0.154. The molecule has 0 aliphatic rings. The Morgan fingerprint density at radius 1 is 0.933 bits per heavy atom. The van der Waals surface area contributed by atoms with Crippen molar-refractivity contribution in [3.8, 4) is 0 Å². The minimum absolute atomic E-state index is 0.477. The second-order valence-electron chi connectivity index (χ2n) is 4.00. The molecule has 0 aliphatic carbocycles. The van der Waals surface area contributed by atoms with Crippen molar-refractivity contribution >= 4 is 6.09 Å². The number of ether oxygens (including phenoxy) is 1. The lowest BCUT2D eigenvalue weighted by Gasteiger charge is -2.02. The highest BCUT2D eigenvalue weighted by atomic mass is 16.5. The van der Waals surface area contributed by atoms with Gasteiger partial charge in [0.05, 0.1) is 6.61 Å². The van der Waals surface area contributed by atoms with Gasteiger partial charge in [0, 0.05) is 0 Å². The molecule has 0 spiro atoms. The number of rotatable bonds is 10. The topological polar surface area (TPSA) is 52.3 Å². The molecule has 0 aromatic rings. The van der Waals surface area contributed by atoms with E-state index >= 15 is 0 Å². The van der Waals surface area contributed by atoms with Gasteiger partial charge in [0.2, 0.25) is 0 Å². The Labute approximate surface area is 93.4 Å². The maximum absolute atomic E-state index is 10.2. The maximum Gasteiger partial charge on any atom is 0.404 e. The molecule has 0 rings (SSSR count).